The molecule has 1 unspecified atom stereocenters. The van der Waals surface area contributed by atoms with E-state index in [0.717, 1.165) is 10.8 Å². The van der Waals surface area contributed by atoms with Crippen molar-refractivity contribution in [1.82, 2.24) is 9.97 Å². The third kappa shape index (κ3) is 3.87. The molecule has 1 aromatic rings. The van der Waals surface area contributed by atoms with E-state index in [1.807, 2.05) is 12.3 Å². The smallest absolute Gasteiger partial charge is 0.130 e. The Labute approximate surface area is 100 Å². The number of alkyl halides is 1. The molecular formula is C10H16ClN3S. The van der Waals surface area contributed by atoms with Gasteiger partial charge in [-0.05, 0) is 12.2 Å². The molecule has 1 N–H and O–H groups in total. The van der Waals surface area contributed by atoms with Gasteiger partial charge in [0, 0.05) is 18.0 Å². The molecule has 15 heavy (non-hydrogen) atoms. The quantitative estimate of drug-likeness (QED) is 0.492. The number of nitrogens with one attached hydrogen (secondary N) is 1. The van der Waals surface area contributed by atoms with Crippen LogP contribution in [0.3, 0.4) is 0 Å². The van der Waals surface area contributed by atoms with Crippen molar-refractivity contribution < 1.29 is 0 Å². The highest BCUT2D eigenvalue weighted by molar-refractivity contribution is 7.98. The zero-order valence-corrected chi connectivity index (χ0v) is 10.8. The minimum Gasteiger partial charge on any atom is -0.366 e. The summed E-state index contributed by atoms with van der Waals surface area (Å²) in [5, 5.41) is 4.27. The van der Waals surface area contributed by atoms with Gasteiger partial charge in [0.25, 0.3) is 0 Å². The number of nitrogens with zero attached hydrogens (tertiary/aromatic N) is 2. The molecule has 0 aliphatic carbocycles. The van der Waals surface area contributed by atoms with Gasteiger partial charge >= 0.3 is 0 Å². The third-order valence-corrected chi connectivity index (χ3v) is 3.13. The van der Waals surface area contributed by atoms with Crippen LogP contribution in [-0.2, 0) is 0 Å². The molecule has 0 saturated carbocycles. The summed E-state index contributed by atoms with van der Waals surface area (Å²) in [4.78, 5) is 8.28. The zero-order valence-electron chi connectivity index (χ0n) is 9.20. The van der Waals surface area contributed by atoms with E-state index < -0.39 is 0 Å². The number of hydrogen-bond acceptors (Lipinski definition) is 4. The fraction of sp³-hybridized carbons (Fsp3) is 0.600. The van der Waals surface area contributed by atoms with E-state index >= 15 is 0 Å². The molecule has 0 radical (unpaired) electrons. The van der Waals surface area contributed by atoms with E-state index in [2.05, 4.69) is 29.1 Å². The Bertz CT molecular complexity index is 306. The van der Waals surface area contributed by atoms with E-state index in [9.17, 15) is 0 Å². The minimum absolute atomic E-state index is 0.247. The van der Waals surface area contributed by atoms with E-state index in [-0.39, 0.29) is 6.04 Å². The van der Waals surface area contributed by atoms with Gasteiger partial charge in [0.2, 0.25) is 0 Å². The van der Waals surface area contributed by atoms with Gasteiger partial charge in [-0.2, -0.15) is 0 Å². The van der Waals surface area contributed by atoms with Crippen molar-refractivity contribution in [3.63, 3.8) is 0 Å². The molecule has 5 heteroatoms. The van der Waals surface area contributed by atoms with Crippen molar-refractivity contribution in [2.45, 2.75) is 24.9 Å². The summed E-state index contributed by atoms with van der Waals surface area (Å²) in [5.74, 6) is 1.90. The molecule has 3 nitrogen and oxygen atoms in total. The fourth-order valence-electron chi connectivity index (χ4n) is 1.10. The minimum atomic E-state index is 0.247. The summed E-state index contributed by atoms with van der Waals surface area (Å²) in [5.41, 5.74) is 0. The number of rotatable bonds is 5. The molecular weight excluding hydrogens is 230 g/mol. The van der Waals surface area contributed by atoms with Gasteiger partial charge < -0.3 is 5.32 Å². The van der Waals surface area contributed by atoms with Crippen molar-refractivity contribution in [3.05, 3.63) is 12.4 Å². The Hall–Kier alpha value is -0.480. The Kier molecular flexibility index (Phi) is 5.19. The highest BCUT2D eigenvalue weighted by atomic mass is 35.5. The van der Waals surface area contributed by atoms with Gasteiger partial charge in [0.1, 0.15) is 17.2 Å². The van der Waals surface area contributed by atoms with Gasteiger partial charge in [0.05, 0.1) is 0 Å². The molecule has 0 fully saturated rings. The Balaban J connectivity index is 2.70. The Morgan fingerprint density at radius 1 is 1.47 bits per heavy atom. The first-order chi connectivity index (χ1) is 7.17. The van der Waals surface area contributed by atoms with Crippen LogP contribution < -0.4 is 5.32 Å². The summed E-state index contributed by atoms with van der Waals surface area (Å²) in [6.07, 6.45) is 3.56. The second kappa shape index (κ2) is 6.18. The first kappa shape index (κ1) is 12.6. The molecule has 0 bridgehead atoms. The first-order valence-electron chi connectivity index (χ1n) is 4.86. The van der Waals surface area contributed by atoms with Gasteiger partial charge in [-0.3, -0.25) is 0 Å². The van der Waals surface area contributed by atoms with Crippen LogP contribution in [0.15, 0.2) is 17.4 Å². The van der Waals surface area contributed by atoms with Crippen LogP contribution >= 0.6 is 23.4 Å². The first-order valence-corrected chi connectivity index (χ1v) is 6.61. The number of halogens is 1. The predicted octanol–water partition coefficient (Wildman–Crippen LogP) is 2.87. The highest BCUT2D eigenvalue weighted by Gasteiger charge is 2.12. The largest absolute Gasteiger partial charge is 0.366 e. The van der Waals surface area contributed by atoms with Crippen LogP contribution in [0, 0.1) is 5.92 Å². The topological polar surface area (TPSA) is 37.8 Å². The summed E-state index contributed by atoms with van der Waals surface area (Å²) < 4.78 is 0. The average Bonchev–Trinajstić information content (AvgIpc) is 2.25. The van der Waals surface area contributed by atoms with Crippen LogP contribution in [0.1, 0.15) is 13.8 Å². The second-order valence-electron chi connectivity index (χ2n) is 3.59. The van der Waals surface area contributed by atoms with E-state index in [1.54, 1.807) is 18.1 Å². The maximum Gasteiger partial charge on any atom is 0.130 e. The van der Waals surface area contributed by atoms with Gasteiger partial charge in [-0.15, -0.1) is 23.4 Å². The molecule has 1 rings (SSSR count). The Morgan fingerprint density at radius 2 is 2.20 bits per heavy atom. The predicted molar refractivity (Wildman–Crippen MR) is 66.8 cm³/mol. The number of anilines is 1. The van der Waals surface area contributed by atoms with Crippen molar-refractivity contribution in [1.29, 1.82) is 0 Å². The van der Waals surface area contributed by atoms with Crippen LogP contribution in [-0.4, -0.2) is 28.1 Å². The lowest BCUT2D eigenvalue weighted by molar-refractivity contribution is 0.562. The van der Waals surface area contributed by atoms with Crippen LogP contribution in [0.4, 0.5) is 5.82 Å². The zero-order chi connectivity index (χ0) is 11.3. The molecule has 0 saturated heterocycles. The average molecular weight is 246 g/mol. The number of thioether (sulfide) groups is 1. The van der Waals surface area contributed by atoms with Crippen LogP contribution in [0.2, 0.25) is 0 Å². The maximum atomic E-state index is 5.87. The molecule has 0 aliphatic rings. The molecule has 84 valence electrons. The van der Waals surface area contributed by atoms with Crippen LogP contribution in [0.25, 0.3) is 0 Å². The molecule has 0 aliphatic heterocycles. The second-order valence-corrected chi connectivity index (χ2v) is 4.73. The molecule has 0 aromatic carbocycles. The molecule has 0 spiro atoms. The summed E-state index contributed by atoms with van der Waals surface area (Å²) in [7, 11) is 0. The summed E-state index contributed by atoms with van der Waals surface area (Å²) in [6, 6.07) is 2.18. The fourth-order valence-corrected chi connectivity index (χ4v) is 1.92. The van der Waals surface area contributed by atoms with Crippen molar-refractivity contribution in [3.8, 4) is 0 Å². The van der Waals surface area contributed by atoms with E-state index in [0.29, 0.717) is 11.8 Å². The van der Waals surface area contributed by atoms with Gasteiger partial charge in [-0.1, -0.05) is 13.8 Å². The standard InChI is InChI=1S/C10H16ClN3S/c1-7(2)8(5-11)14-9-4-10(15-3)13-6-12-9/h4,6-8H,5H2,1-3H3,(H,12,13,14). The van der Waals surface area contributed by atoms with Crippen LogP contribution in [0.5, 0.6) is 0 Å². The highest BCUT2D eigenvalue weighted by Crippen LogP contribution is 2.16. The SMILES string of the molecule is CSc1cc(NC(CCl)C(C)C)ncn1. The van der Waals surface area contributed by atoms with Crippen molar-refractivity contribution in [2.24, 2.45) is 5.92 Å². The number of hydrogen-bond donors (Lipinski definition) is 1. The summed E-state index contributed by atoms with van der Waals surface area (Å²) >= 11 is 7.48. The molecule has 1 heterocycles. The van der Waals surface area contributed by atoms with Crippen molar-refractivity contribution in [2.75, 3.05) is 17.5 Å². The summed E-state index contributed by atoms with van der Waals surface area (Å²) in [6.45, 7) is 4.27. The monoisotopic (exact) mass is 245 g/mol. The lowest BCUT2D eigenvalue weighted by Crippen LogP contribution is -2.27. The van der Waals surface area contributed by atoms with Gasteiger partial charge in [-0.25, -0.2) is 9.97 Å². The van der Waals surface area contributed by atoms with Gasteiger partial charge in [0.15, 0.2) is 0 Å². The third-order valence-electron chi connectivity index (χ3n) is 2.16. The normalized spacial score (nSPS) is 12.9. The molecule has 1 aromatic heterocycles. The maximum absolute atomic E-state index is 5.87. The Morgan fingerprint density at radius 3 is 2.73 bits per heavy atom. The molecule has 1 atom stereocenters. The van der Waals surface area contributed by atoms with E-state index in [1.165, 1.54) is 0 Å². The van der Waals surface area contributed by atoms with Crippen molar-refractivity contribution >= 4 is 29.2 Å². The lowest BCUT2D eigenvalue weighted by Gasteiger charge is -2.20. The van der Waals surface area contributed by atoms with E-state index in [4.69, 9.17) is 11.6 Å². The lowest BCUT2D eigenvalue weighted by atomic mass is 10.1. The molecule has 0 amide bonds. The number of aromatic nitrogens is 2.